The van der Waals surface area contributed by atoms with E-state index in [4.69, 9.17) is 10.00 Å². The lowest BCUT2D eigenvalue weighted by Crippen LogP contribution is -2.48. The molecule has 0 atom stereocenters. The zero-order valence-electron chi connectivity index (χ0n) is 17.6. The molecule has 2 aromatic carbocycles. The van der Waals surface area contributed by atoms with E-state index in [1.54, 1.807) is 30.6 Å². The zero-order chi connectivity index (χ0) is 22.0. The number of benzene rings is 2. The standard InChI is InChI=1S/C22H25N5O3S/c1-17(2)30-19-4-6-20(7-5-19)31(28,29)27-13-11-25(12-14-27)18-3-8-21-22(15-18)26(10-9-23)16-24-21/h3-8,15-17H,10-14H2,1-2H3. The van der Waals surface area contributed by atoms with Crippen molar-refractivity contribution < 1.29 is 13.2 Å². The molecule has 0 saturated carbocycles. The second-order valence-corrected chi connectivity index (χ2v) is 9.67. The molecule has 0 spiro atoms. The van der Waals surface area contributed by atoms with E-state index in [0.29, 0.717) is 31.9 Å². The third-order valence-electron chi connectivity index (χ3n) is 5.28. The van der Waals surface area contributed by atoms with Crippen molar-refractivity contribution in [1.82, 2.24) is 13.9 Å². The molecule has 8 nitrogen and oxygen atoms in total. The number of hydrogen-bond donors (Lipinski definition) is 0. The summed E-state index contributed by atoms with van der Waals surface area (Å²) < 4.78 is 35.0. The maximum atomic E-state index is 13.0. The van der Waals surface area contributed by atoms with Crippen LogP contribution in [0.1, 0.15) is 13.8 Å². The number of hydrogen-bond acceptors (Lipinski definition) is 6. The quantitative estimate of drug-likeness (QED) is 0.587. The van der Waals surface area contributed by atoms with Crippen molar-refractivity contribution in [2.75, 3.05) is 31.1 Å². The van der Waals surface area contributed by atoms with Crippen molar-refractivity contribution in [1.29, 1.82) is 5.26 Å². The molecule has 9 heteroatoms. The smallest absolute Gasteiger partial charge is 0.243 e. The topological polar surface area (TPSA) is 91.5 Å². The summed E-state index contributed by atoms with van der Waals surface area (Å²) in [6.45, 7) is 6.09. The van der Waals surface area contributed by atoms with Gasteiger partial charge in [0.15, 0.2) is 0 Å². The van der Waals surface area contributed by atoms with E-state index >= 15 is 0 Å². The maximum absolute atomic E-state index is 13.0. The molecule has 2 heterocycles. The van der Waals surface area contributed by atoms with Gasteiger partial charge < -0.3 is 14.2 Å². The number of nitriles is 1. The molecule has 0 N–H and O–H groups in total. The number of ether oxygens (including phenoxy) is 1. The molecular formula is C22H25N5O3S. The first kappa shape index (κ1) is 21.2. The van der Waals surface area contributed by atoms with Gasteiger partial charge in [-0.25, -0.2) is 13.4 Å². The molecule has 1 aliphatic heterocycles. The molecule has 0 radical (unpaired) electrons. The third-order valence-corrected chi connectivity index (χ3v) is 7.20. The normalized spacial score (nSPS) is 15.4. The SMILES string of the molecule is CC(C)Oc1ccc(S(=O)(=O)N2CCN(c3ccc4ncn(CC#N)c4c3)CC2)cc1. The summed E-state index contributed by atoms with van der Waals surface area (Å²) in [4.78, 5) is 6.76. The van der Waals surface area contributed by atoms with E-state index in [2.05, 4.69) is 16.0 Å². The Morgan fingerprint density at radius 2 is 1.81 bits per heavy atom. The number of nitrogens with zero attached hydrogens (tertiary/aromatic N) is 5. The number of fused-ring (bicyclic) bond motifs is 1. The van der Waals surface area contributed by atoms with Crippen LogP contribution in [0.15, 0.2) is 53.7 Å². The maximum Gasteiger partial charge on any atom is 0.243 e. The van der Waals surface area contributed by atoms with Gasteiger partial charge in [-0.2, -0.15) is 9.57 Å². The molecule has 1 aliphatic rings. The average molecular weight is 440 g/mol. The Balaban J connectivity index is 1.46. The Hall–Kier alpha value is -3.09. The van der Waals surface area contributed by atoms with Gasteiger partial charge in [-0.3, -0.25) is 0 Å². The van der Waals surface area contributed by atoms with Gasteiger partial charge in [0.25, 0.3) is 0 Å². The van der Waals surface area contributed by atoms with Crippen LogP contribution in [0.5, 0.6) is 5.75 Å². The fraction of sp³-hybridized carbons (Fsp3) is 0.364. The van der Waals surface area contributed by atoms with Crippen LogP contribution in [-0.4, -0.2) is 54.6 Å². The van der Waals surface area contributed by atoms with E-state index < -0.39 is 10.0 Å². The van der Waals surface area contributed by atoms with Gasteiger partial charge in [0.2, 0.25) is 10.0 Å². The van der Waals surface area contributed by atoms with Crippen LogP contribution in [0.3, 0.4) is 0 Å². The van der Waals surface area contributed by atoms with Gasteiger partial charge in [-0.05, 0) is 56.3 Å². The highest BCUT2D eigenvalue weighted by atomic mass is 32.2. The average Bonchev–Trinajstić information content (AvgIpc) is 3.16. The molecule has 0 amide bonds. The minimum atomic E-state index is -3.55. The third kappa shape index (κ3) is 4.36. The Labute approximate surface area is 182 Å². The van der Waals surface area contributed by atoms with E-state index in [-0.39, 0.29) is 17.5 Å². The largest absolute Gasteiger partial charge is 0.491 e. The van der Waals surface area contributed by atoms with Crippen molar-refractivity contribution in [3.8, 4) is 11.8 Å². The van der Waals surface area contributed by atoms with Crippen molar-refractivity contribution in [2.24, 2.45) is 0 Å². The summed E-state index contributed by atoms with van der Waals surface area (Å²) in [6, 6.07) is 14.7. The number of imidazole rings is 1. The summed E-state index contributed by atoms with van der Waals surface area (Å²) in [5.41, 5.74) is 2.74. The van der Waals surface area contributed by atoms with Crippen LogP contribution >= 0.6 is 0 Å². The first-order chi connectivity index (χ1) is 14.9. The van der Waals surface area contributed by atoms with Gasteiger partial charge in [-0.15, -0.1) is 0 Å². The van der Waals surface area contributed by atoms with Crippen molar-refractivity contribution in [2.45, 2.75) is 31.4 Å². The molecule has 0 unspecified atom stereocenters. The van der Waals surface area contributed by atoms with Gasteiger partial charge in [0, 0.05) is 31.9 Å². The summed E-state index contributed by atoms with van der Waals surface area (Å²) >= 11 is 0. The van der Waals surface area contributed by atoms with Gasteiger partial charge >= 0.3 is 0 Å². The lowest BCUT2D eigenvalue weighted by atomic mass is 10.2. The molecule has 3 aromatic rings. The second-order valence-electron chi connectivity index (χ2n) is 7.73. The highest BCUT2D eigenvalue weighted by molar-refractivity contribution is 7.89. The number of rotatable bonds is 6. The highest BCUT2D eigenvalue weighted by Crippen LogP contribution is 2.25. The Bertz CT molecular complexity index is 1200. The van der Waals surface area contributed by atoms with Gasteiger partial charge in [0.1, 0.15) is 12.3 Å². The van der Waals surface area contributed by atoms with E-state index in [1.807, 2.05) is 36.6 Å². The predicted octanol–water partition coefficient (Wildman–Crippen LogP) is 2.86. The lowest BCUT2D eigenvalue weighted by Gasteiger charge is -2.35. The molecule has 1 fully saturated rings. The van der Waals surface area contributed by atoms with Gasteiger partial charge in [-0.1, -0.05) is 0 Å². The van der Waals surface area contributed by atoms with Crippen LogP contribution < -0.4 is 9.64 Å². The van der Waals surface area contributed by atoms with Crippen LogP contribution in [0.4, 0.5) is 5.69 Å². The number of piperazine rings is 1. The molecule has 1 saturated heterocycles. The molecule has 0 aliphatic carbocycles. The number of anilines is 1. The molecule has 162 valence electrons. The van der Waals surface area contributed by atoms with Crippen LogP contribution in [0.25, 0.3) is 11.0 Å². The minimum Gasteiger partial charge on any atom is -0.491 e. The summed E-state index contributed by atoms with van der Waals surface area (Å²) in [6.07, 6.45) is 1.70. The second kappa shape index (κ2) is 8.57. The molecule has 31 heavy (non-hydrogen) atoms. The molecular weight excluding hydrogens is 414 g/mol. The molecule has 1 aromatic heterocycles. The van der Waals surface area contributed by atoms with E-state index in [1.165, 1.54) is 4.31 Å². The number of sulfonamides is 1. The Morgan fingerprint density at radius 3 is 2.45 bits per heavy atom. The van der Waals surface area contributed by atoms with Crippen LogP contribution in [0.2, 0.25) is 0 Å². The Kier molecular flexibility index (Phi) is 5.85. The fourth-order valence-corrected chi connectivity index (χ4v) is 5.16. The summed E-state index contributed by atoms with van der Waals surface area (Å²) in [7, 11) is -3.55. The summed E-state index contributed by atoms with van der Waals surface area (Å²) in [5, 5.41) is 8.99. The first-order valence-electron chi connectivity index (χ1n) is 10.2. The van der Waals surface area contributed by atoms with Crippen molar-refractivity contribution in [3.05, 3.63) is 48.8 Å². The minimum absolute atomic E-state index is 0.0355. The van der Waals surface area contributed by atoms with Crippen molar-refractivity contribution in [3.63, 3.8) is 0 Å². The van der Waals surface area contributed by atoms with Gasteiger partial charge in [0.05, 0.1) is 34.4 Å². The van der Waals surface area contributed by atoms with E-state index in [0.717, 1.165) is 16.7 Å². The number of aromatic nitrogens is 2. The van der Waals surface area contributed by atoms with Crippen LogP contribution in [-0.2, 0) is 16.6 Å². The zero-order valence-corrected chi connectivity index (χ0v) is 18.4. The first-order valence-corrected chi connectivity index (χ1v) is 11.7. The Morgan fingerprint density at radius 1 is 1.10 bits per heavy atom. The molecule has 0 bridgehead atoms. The van der Waals surface area contributed by atoms with E-state index in [9.17, 15) is 8.42 Å². The fourth-order valence-electron chi connectivity index (χ4n) is 3.74. The van der Waals surface area contributed by atoms with Crippen LogP contribution in [0, 0.1) is 11.3 Å². The lowest BCUT2D eigenvalue weighted by molar-refractivity contribution is 0.242. The van der Waals surface area contributed by atoms with Crippen molar-refractivity contribution >= 4 is 26.7 Å². The highest BCUT2D eigenvalue weighted by Gasteiger charge is 2.28. The monoisotopic (exact) mass is 439 g/mol. The summed E-state index contributed by atoms with van der Waals surface area (Å²) in [5.74, 6) is 0.657. The predicted molar refractivity (Wildman–Crippen MR) is 119 cm³/mol. The molecule has 4 rings (SSSR count).